The van der Waals surface area contributed by atoms with Gasteiger partial charge in [0.15, 0.2) is 4.90 Å². The second kappa shape index (κ2) is 8.07. The van der Waals surface area contributed by atoms with Crippen LogP contribution < -0.4 is 16.0 Å². The number of rotatable bonds is 6. The van der Waals surface area contributed by atoms with E-state index >= 15 is 0 Å². The average molecular weight is 418 g/mol. The second-order valence-corrected chi connectivity index (χ2v) is 8.79. The standard InChI is InChI=1S/C19H19N3O4S2/c1-21-12-17(18(23)22(2)19(21)24)28(25,26)20-15-10-6-7-11-16(15)27-13-14-8-4-3-5-9-14/h3-12,20H,13H2,1-2H3. The molecular weight excluding hydrogens is 398 g/mol. The molecule has 0 radical (unpaired) electrons. The molecule has 28 heavy (non-hydrogen) atoms. The van der Waals surface area contributed by atoms with Crippen LogP contribution in [0, 0.1) is 0 Å². The van der Waals surface area contributed by atoms with Gasteiger partial charge in [-0.05, 0) is 17.7 Å². The third-order valence-electron chi connectivity index (χ3n) is 4.07. The van der Waals surface area contributed by atoms with Crippen LogP contribution in [0.25, 0.3) is 0 Å². The van der Waals surface area contributed by atoms with Crippen molar-refractivity contribution >= 4 is 27.5 Å². The summed E-state index contributed by atoms with van der Waals surface area (Å²) in [5, 5.41) is 0. The molecule has 1 heterocycles. The van der Waals surface area contributed by atoms with Crippen LogP contribution in [0.2, 0.25) is 0 Å². The lowest BCUT2D eigenvalue weighted by atomic mass is 10.2. The number of hydrogen-bond donors (Lipinski definition) is 1. The molecule has 0 saturated carbocycles. The number of anilines is 1. The van der Waals surface area contributed by atoms with E-state index < -0.39 is 26.2 Å². The Morgan fingerprint density at radius 3 is 2.32 bits per heavy atom. The number of para-hydroxylation sites is 1. The van der Waals surface area contributed by atoms with Crippen LogP contribution in [0.1, 0.15) is 5.56 Å². The summed E-state index contributed by atoms with van der Waals surface area (Å²) in [4.78, 5) is 24.4. The summed E-state index contributed by atoms with van der Waals surface area (Å²) in [5.74, 6) is 0.668. The zero-order valence-electron chi connectivity index (χ0n) is 15.3. The second-order valence-electron chi connectivity index (χ2n) is 6.13. The Bertz CT molecular complexity index is 1220. The number of thioether (sulfide) groups is 1. The highest BCUT2D eigenvalue weighted by Crippen LogP contribution is 2.30. The van der Waals surface area contributed by atoms with Gasteiger partial charge in [-0.15, -0.1) is 11.8 Å². The van der Waals surface area contributed by atoms with Gasteiger partial charge in [0, 0.05) is 30.9 Å². The molecule has 0 fully saturated rings. The molecule has 3 rings (SSSR count). The zero-order valence-corrected chi connectivity index (χ0v) is 17.0. The van der Waals surface area contributed by atoms with Crippen LogP contribution in [0.5, 0.6) is 0 Å². The van der Waals surface area contributed by atoms with Gasteiger partial charge in [0.25, 0.3) is 15.6 Å². The van der Waals surface area contributed by atoms with E-state index in [2.05, 4.69) is 4.72 Å². The molecule has 3 aromatic rings. The monoisotopic (exact) mass is 417 g/mol. The highest BCUT2D eigenvalue weighted by atomic mass is 32.2. The smallest absolute Gasteiger partial charge is 0.302 e. The lowest BCUT2D eigenvalue weighted by molar-refractivity contribution is 0.589. The van der Waals surface area contributed by atoms with E-state index in [4.69, 9.17) is 0 Å². The fraction of sp³-hybridized carbons (Fsp3) is 0.158. The van der Waals surface area contributed by atoms with Gasteiger partial charge in [0.1, 0.15) is 0 Å². The Kier molecular flexibility index (Phi) is 5.76. The van der Waals surface area contributed by atoms with Crippen molar-refractivity contribution in [2.24, 2.45) is 14.1 Å². The molecule has 0 bridgehead atoms. The van der Waals surface area contributed by atoms with Crippen LogP contribution >= 0.6 is 11.8 Å². The first-order valence-corrected chi connectivity index (χ1v) is 10.8. The van der Waals surface area contributed by atoms with Crippen molar-refractivity contribution < 1.29 is 8.42 Å². The largest absolute Gasteiger partial charge is 0.330 e. The lowest BCUT2D eigenvalue weighted by Crippen LogP contribution is -2.40. The van der Waals surface area contributed by atoms with Crippen molar-refractivity contribution in [2.45, 2.75) is 15.5 Å². The number of aryl methyl sites for hydroxylation is 1. The highest BCUT2D eigenvalue weighted by molar-refractivity contribution is 7.98. The molecule has 9 heteroatoms. The molecule has 0 saturated heterocycles. The molecule has 146 valence electrons. The topological polar surface area (TPSA) is 90.2 Å². The van der Waals surface area contributed by atoms with E-state index in [-0.39, 0.29) is 0 Å². The normalized spacial score (nSPS) is 11.4. The fourth-order valence-corrected chi connectivity index (χ4v) is 4.84. The Balaban J connectivity index is 1.92. The van der Waals surface area contributed by atoms with Gasteiger partial charge in [0.2, 0.25) is 0 Å². The van der Waals surface area contributed by atoms with Crippen LogP contribution in [0.15, 0.2) is 80.2 Å². The third-order valence-corrected chi connectivity index (χ3v) is 6.57. The molecule has 0 aliphatic carbocycles. The van der Waals surface area contributed by atoms with Crippen molar-refractivity contribution in [3.05, 3.63) is 87.2 Å². The average Bonchev–Trinajstić information content (AvgIpc) is 2.69. The minimum atomic E-state index is -4.17. The van der Waals surface area contributed by atoms with Crippen LogP contribution in [-0.4, -0.2) is 17.6 Å². The zero-order chi connectivity index (χ0) is 20.3. The van der Waals surface area contributed by atoms with Crippen molar-refractivity contribution in [1.29, 1.82) is 0 Å². The first-order chi connectivity index (χ1) is 13.3. The van der Waals surface area contributed by atoms with Gasteiger partial charge in [-0.3, -0.25) is 14.1 Å². The molecule has 0 unspecified atom stereocenters. The van der Waals surface area contributed by atoms with E-state index in [1.54, 1.807) is 12.1 Å². The van der Waals surface area contributed by atoms with E-state index in [0.29, 0.717) is 11.4 Å². The highest BCUT2D eigenvalue weighted by Gasteiger charge is 2.22. The van der Waals surface area contributed by atoms with Crippen molar-refractivity contribution in [2.75, 3.05) is 4.72 Å². The van der Waals surface area contributed by atoms with Crippen LogP contribution in [0.3, 0.4) is 0 Å². The maximum Gasteiger partial charge on any atom is 0.330 e. The first-order valence-electron chi connectivity index (χ1n) is 8.35. The predicted molar refractivity (Wildman–Crippen MR) is 110 cm³/mol. The fourth-order valence-electron chi connectivity index (χ4n) is 2.57. The Hall–Kier alpha value is -2.78. The Labute approximate surface area is 166 Å². The Morgan fingerprint density at radius 1 is 0.964 bits per heavy atom. The molecule has 0 aliphatic heterocycles. The van der Waals surface area contributed by atoms with Gasteiger partial charge >= 0.3 is 5.69 Å². The summed E-state index contributed by atoms with van der Waals surface area (Å²) in [5.41, 5.74) is 0.0178. The summed E-state index contributed by atoms with van der Waals surface area (Å²) >= 11 is 1.48. The summed E-state index contributed by atoms with van der Waals surface area (Å²) in [6, 6.07) is 16.8. The maximum atomic E-state index is 12.8. The molecule has 1 N–H and O–H groups in total. The molecule has 0 atom stereocenters. The molecule has 1 aromatic heterocycles. The third kappa shape index (κ3) is 4.20. The van der Waals surface area contributed by atoms with E-state index in [1.807, 2.05) is 42.5 Å². The predicted octanol–water partition coefficient (Wildman–Crippen LogP) is 2.18. The summed E-state index contributed by atoms with van der Waals surface area (Å²) in [6.45, 7) is 0. The SMILES string of the molecule is Cn1cc(S(=O)(=O)Nc2ccccc2SCc2ccccc2)c(=O)n(C)c1=O. The van der Waals surface area contributed by atoms with Crippen LogP contribution in [0.4, 0.5) is 5.69 Å². The van der Waals surface area contributed by atoms with Crippen molar-refractivity contribution in [1.82, 2.24) is 9.13 Å². The van der Waals surface area contributed by atoms with E-state index in [9.17, 15) is 18.0 Å². The minimum Gasteiger partial charge on any atom is -0.302 e. The molecule has 2 aromatic carbocycles. The molecule has 0 aliphatic rings. The van der Waals surface area contributed by atoms with Gasteiger partial charge in [-0.2, -0.15) is 0 Å². The molecular formula is C19H19N3O4S2. The number of nitrogens with zero attached hydrogens (tertiary/aromatic N) is 2. The molecule has 0 spiro atoms. The van der Waals surface area contributed by atoms with Gasteiger partial charge < -0.3 is 4.57 Å². The van der Waals surface area contributed by atoms with Crippen LogP contribution in [-0.2, 0) is 29.9 Å². The van der Waals surface area contributed by atoms with Gasteiger partial charge in [-0.25, -0.2) is 13.2 Å². The number of nitrogens with one attached hydrogen (secondary N) is 1. The quantitative estimate of drug-likeness (QED) is 0.621. The van der Waals surface area contributed by atoms with Crippen molar-refractivity contribution in [3.63, 3.8) is 0 Å². The minimum absolute atomic E-state index is 0.374. The first kappa shape index (κ1) is 20.0. The van der Waals surface area contributed by atoms with Gasteiger partial charge in [-0.1, -0.05) is 42.5 Å². The summed E-state index contributed by atoms with van der Waals surface area (Å²) in [7, 11) is -1.53. The summed E-state index contributed by atoms with van der Waals surface area (Å²) in [6.07, 6.45) is 1.03. The maximum absolute atomic E-state index is 12.8. The molecule has 0 amide bonds. The Morgan fingerprint density at radius 2 is 1.61 bits per heavy atom. The van der Waals surface area contributed by atoms with E-state index in [1.165, 1.54) is 25.9 Å². The number of benzene rings is 2. The van der Waals surface area contributed by atoms with Gasteiger partial charge in [0.05, 0.1) is 5.69 Å². The van der Waals surface area contributed by atoms with E-state index in [0.717, 1.165) is 25.8 Å². The number of sulfonamides is 1. The lowest BCUT2D eigenvalue weighted by Gasteiger charge is -2.13. The number of hydrogen-bond acceptors (Lipinski definition) is 5. The summed E-state index contributed by atoms with van der Waals surface area (Å²) < 4.78 is 29.9. The number of aromatic nitrogens is 2. The molecule has 7 nitrogen and oxygen atoms in total. The van der Waals surface area contributed by atoms with Crippen molar-refractivity contribution in [3.8, 4) is 0 Å².